The Kier molecular flexibility index (Phi) is 116. The van der Waals surface area contributed by atoms with Gasteiger partial charge >= 0.3 is 11.9 Å². The molecule has 0 aromatic carbocycles. The highest BCUT2D eigenvalue weighted by Gasteiger charge is 2.15. The lowest BCUT2D eigenvalue weighted by Crippen LogP contribution is -2.17. The molecule has 0 bridgehead atoms. The Bertz CT molecular complexity index is 2280. The van der Waals surface area contributed by atoms with Gasteiger partial charge in [0, 0.05) is 113 Å². The molecule has 0 N–H and O–H groups in total. The van der Waals surface area contributed by atoms with Gasteiger partial charge in [0.1, 0.15) is 49.6 Å². The summed E-state index contributed by atoms with van der Waals surface area (Å²) in [5.74, 6) is 9.11. The molecular weight excluding hydrogens is 1630 g/mol. The van der Waals surface area contributed by atoms with Crippen LogP contribution in [0.1, 0.15) is 416 Å². The van der Waals surface area contributed by atoms with E-state index in [2.05, 4.69) is 125 Å². The average molecular weight is 1850 g/mol. The molecule has 0 radical (unpaired) electrons. The maximum Gasteiger partial charge on any atom is 0.308 e. The molecule has 774 valence electrons. The van der Waals surface area contributed by atoms with Gasteiger partial charge in [0.15, 0.2) is 17.3 Å². The van der Waals surface area contributed by atoms with Gasteiger partial charge < -0.3 is 52.1 Å². The van der Waals surface area contributed by atoms with Crippen LogP contribution in [0.3, 0.4) is 0 Å². The highest BCUT2D eigenvalue weighted by atomic mass is 16.6. The van der Waals surface area contributed by atoms with Crippen molar-refractivity contribution < 1.29 is 95.3 Å². The normalized spacial score (nSPS) is 11.2. The highest BCUT2D eigenvalue weighted by Crippen LogP contribution is 2.15. The van der Waals surface area contributed by atoms with Gasteiger partial charge in [0.05, 0.1) is 71.3 Å². The van der Waals surface area contributed by atoms with Gasteiger partial charge in [0.25, 0.3) is 0 Å². The lowest BCUT2D eigenvalue weighted by Gasteiger charge is -2.08. The monoisotopic (exact) mass is 1850 g/mol. The van der Waals surface area contributed by atoms with E-state index in [0.29, 0.717) is 140 Å². The van der Waals surface area contributed by atoms with E-state index < -0.39 is 0 Å². The minimum absolute atomic E-state index is 0.00524. The van der Waals surface area contributed by atoms with Crippen LogP contribution in [-0.2, 0) is 95.3 Å². The molecule has 0 unspecified atom stereocenters. The van der Waals surface area contributed by atoms with E-state index in [-0.39, 0.29) is 94.9 Å². The number of hydrogen-bond acceptors (Lipinski definition) is 20. The molecule has 0 spiro atoms. The number of hydrogen-bond donors (Lipinski definition) is 0. The van der Waals surface area contributed by atoms with Crippen molar-refractivity contribution in [2.24, 2.45) is 107 Å². The number of Topliss-reactive ketones (excluding diaryl/α,β-unsaturated/α-hetero) is 7. The van der Waals surface area contributed by atoms with E-state index in [1.165, 1.54) is 83.5 Å². The van der Waals surface area contributed by atoms with Gasteiger partial charge in [-0.05, 0) is 111 Å². The minimum Gasteiger partial charge on any atom is -0.465 e. The van der Waals surface area contributed by atoms with Crippen molar-refractivity contribution in [2.75, 3.05) is 132 Å². The Balaban J connectivity index is -0.000000180. The summed E-state index contributed by atoms with van der Waals surface area (Å²) >= 11 is 0. The predicted molar refractivity (Wildman–Crippen MR) is 541 cm³/mol. The summed E-state index contributed by atoms with van der Waals surface area (Å²) < 4.78 is 57.9. The lowest BCUT2D eigenvalue weighted by molar-refractivity contribution is -0.149. The Morgan fingerprint density at radius 2 is 0.333 bits per heavy atom. The number of esters is 2. The molecule has 20 heteroatoms. The number of carbonyl (C=O) groups is 9. The zero-order valence-corrected chi connectivity index (χ0v) is 91.6. The molecule has 129 heavy (non-hydrogen) atoms. The van der Waals surface area contributed by atoms with E-state index in [0.717, 1.165) is 140 Å². The molecular formula is C109H218O20. The maximum atomic E-state index is 11.3. The Hall–Kier alpha value is -3.73. The fourth-order valence-electron chi connectivity index (χ4n) is 9.83. The van der Waals surface area contributed by atoms with Crippen molar-refractivity contribution in [3.63, 3.8) is 0 Å². The first-order valence-corrected chi connectivity index (χ1v) is 51.6. The third-order valence-corrected chi connectivity index (χ3v) is 19.8. The first-order chi connectivity index (χ1) is 60.3. The molecule has 0 aliphatic carbocycles. The topological polar surface area (TPSA) is 255 Å². The molecule has 0 rings (SSSR count). The summed E-state index contributed by atoms with van der Waals surface area (Å²) in [6, 6.07) is 0. The second-order valence-corrected chi connectivity index (χ2v) is 41.1. The number of ether oxygens (including phenoxy) is 11. The number of unbranched alkanes of at least 4 members (excludes halogenated alkanes) is 8. The van der Waals surface area contributed by atoms with Crippen LogP contribution in [0.4, 0.5) is 0 Å². The third kappa shape index (κ3) is 137. The van der Waals surface area contributed by atoms with Crippen LogP contribution in [0, 0.1) is 107 Å². The van der Waals surface area contributed by atoms with Gasteiger partial charge in [-0.25, -0.2) is 0 Å². The average Bonchev–Trinajstić information content (AvgIpc) is 1.03. The summed E-state index contributed by atoms with van der Waals surface area (Å²) in [6.45, 7) is 85.6. The van der Waals surface area contributed by atoms with Crippen LogP contribution in [-0.4, -0.2) is 185 Å². The lowest BCUT2D eigenvalue weighted by atomic mass is 10.0. The standard InChI is InChI=1S/C14H28O2.C13H26O3.C13H26O2.C12H24O3.2C12H24O2.C11H22O3.C11H22O2.C11H22O/c1-12(2)8-6-5-7-10-16-11-9-14(15)13(3)4;1-11(2)5-7-15-9-10-16-8-6-13(14)12(3)4;1-11(2)8-6-5-7-9-15-10-13(14)12(3)4;1-10(2)5-6-14-7-8-15-9-12(13)11(3)4;1-10(2)7-5-6-8-14-9-12(13)11(3)4;1-10(2)8-6-5-7-9-14-12(13)11(3)4;1-9(2)5-6-13-7-8-14-11(12)10(3)4;1-9(2)5-7-13-8-6-11(12)10(3)4;1-9(2)7-5-6-8-11(12)10(3)4/h12-13H,5-11H2,1-4H3;11-12H,5-10H2,1-4H3;11-12H,5-10H2,1-4H3;10-11H,5-9H2,1-4H3;2*10-11H,5-9H2,1-4H3;9-10H,5-8H2,1-4H3;9-10H,5-8H2,1-4H3;9-10H,5-8H2,1-4H3. The zero-order chi connectivity index (χ0) is 101. The molecule has 0 aromatic heterocycles. The van der Waals surface area contributed by atoms with E-state index in [1.54, 1.807) is 0 Å². The van der Waals surface area contributed by atoms with Crippen molar-refractivity contribution in [3.05, 3.63) is 0 Å². The third-order valence-electron chi connectivity index (χ3n) is 19.8. The summed E-state index contributed by atoms with van der Waals surface area (Å²) in [5, 5.41) is 0. The van der Waals surface area contributed by atoms with Crippen LogP contribution < -0.4 is 0 Å². The van der Waals surface area contributed by atoms with Crippen molar-refractivity contribution in [1.82, 2.24) is 0 Å². The first kappa shape index (κ1) is 143. The molecule has 0 aliphatic rings. The van der Waals surface area contributed by atoms with Crippen LogP contribution in [0.2, 0.25) is 0 Å². The van der Waals surface area contributed by atoms with Gasteiger partial charge in [-0.1, -0.05) is 333 Å². The van der Waals surface area contributed by atoms with E-state index >= 15 is 0 Å². The molecule has 0 atom stereocenters. The molecule has 0 fully saturated rings. The number of carbonyl (C=O) groups excluding carboxylic acids is 9. The zero-order valence-electron chi connectivity index (χ0n) is 91.6. The second-order valence-electron chi connectivity index (χ2n) is 41.1. The van der Waals surface area contributed by atoms with Crippen molar-refractivity contribution in [1.29, 1.82) is 0 Å². The van der Waals surface area contributed by atoms with Gasteiger partial charge in [-0.3, -0.25) is 43.2 Å². The maximum absolute atomic E-state index is 11.3. The van der Waals surface area contributed by atoms with Gasteiger partial charge in [-0.15, -0.1) is 0 Å². The smallest absolute Gasteiger partial charge is 0.308 e. The van der Waals surface area contributed by atoms with Crippen LogP contribution in [0.25, 0.3) is 0 Å². The summed E-state index contributed by atoms with van der Waals surface area (Å²) in [5.41, 5.74) is 0. The molecule has 0 aliphatic heterocycles. The highest BCUT2D eigenvalue weighted by molar-refractivity contribution is 5.83. The number of ketones is 7. The molecule has 0 amide bonds. The largest absolute Gasteiger partial charge is 0.465 e. The Labute approximate surface area is 798 Å². The van der Waals surface area contributed by atoms with Crippen LogP contribution >= 0.6 is 0 Å². The van der Waals surface area contributed by atoms with Crippen LogP contribution in [0.15, 0.2) is 0 Å². The fourth-order valence-corrected chi connectivity index (χ4v) is 9.83. The molecule has 20 nitrogen and oxygen atoms in total. The minimum atomic E-state index is -0.155. The SMILES string of the molecule is CC(C)CCCCC(=O)C(C)C.CC(C)CCCCCOC(=O)C(C)C.CC(C)CCCCCOCC(=O)C(C)C.CC(C)CCCCCOCCC(=O)C(C)C.CC(C)CCCCOCC(=O)C(C)C.CC(C)CCOCCC(=O)C(C)C.CC(C)CCOCCOC(=O)C(C)C.CC(C)CCOCCOCC(=O)C(C)C.CC(C)CCOCCOCCC(=O)C(C)C. The molecule has 0 heterocycles. The second kappa shape index (κ2) is 105. The summed E-state index contributed by atoms with van der Waals surface area (Å²) in [6.07, 6.45) is 28.4. The Morgan fingerprint density at radius 1 is 0.147 bits per heavy atom. The molecule has 0 saturated heterocycles. The first-order valence-electron chi connectivity index (χ1n) is 51.6. The van der Waals surface area contributed by atoms with Gasteiger partial charge in [-0.2, -0.15) is 0 Å². The quantitative estimate of drug-likeness (QED) is 0.0405. The van der Waals surface area contributed by atoms with Crippen molar-refractivity contribution in [2.45, 2.75) is 416 Å². The van der Waals surface area contributed by atoms with E-state index in [9.17, 15) is 43.2 Å². The fraction of sp³-hybridized carbons (Fsp3) is 0.917. The molecule has 0 aromatic rings. The summed E-state index contributed by atoms with van der Waals surface area (Å²) in [4.78, 5) is 100. The van der Waals surface area contributed by atoms with Crippen molar-refractivity contribution in [3.8, 4) is 0 Å². The Morgan fingerprint density at radius 3 is 0.597 bits per heavy atom. The number of rotatable bonds is 73. The van der Waals surface area contributed by atoms with E-state index in [1.807, 2.05) is 125 Å². The molecule has 0 saturated carbocycles. The van der Waals surface area contributed by atoms with E-state index in [4.69, 9.17) is 52.1 Å². The predicted octanol–water partition coefficient (Wildman–Crippen LogP) is 27.0. The van der Waals surface area contributed by atoms with Crippen LogP contribution in [0.5, 0.6) is 0 Å². The van der Waals surface area contributed by atoms with Gasteiger partial charge in [0.2, 0.25) is 0 Å². The van der Waals surface area contributed by atoms with Crippen molar-refractivity contribution >= 4 is 52.4 Å². The summed E-state index contributed by atoms with van der Waals surface area (Å²) in [7, 11) is 0.